The Morgan fingerprint density at radius 3 is 2.94 bits per heavy atom. The van der Waals surface area contributed by atoms with E-state index in [1.165, 1.54) is 24.2 Å². The first-order chi connectivity index (χ1) is 7.72. The highest BCUT2D eigenvalue weighted by molar-refractivity contribution is 7.73. The average Bonchev–Trinajstić information content (AvgIpc) is 3.03. The lowest BCUT2D eigenvalue weighted by atomic mass is 10.2. The van der Waals surface area contributed by atoms with Gasteiger partial charge in [-0.3, -0.25) is 5.10 Å². The van der Waals surface area contributed by atoms with E-state index < -0.39 is 0 Å². The van der Waals surface area contributed by atoms with Crippen molar-refractivity contribution in [1.82, 2.24) is 10.2 Å². The molecule has 1 unspecified atom stereocenters. The molecule has 4 nitrogen and oxygen atoms in total. The number of aromatic nitrogens is 2. The van der Waals surface area contributed by atoms with Crippen LogP contribution in [0.15, 0.2) is 0 Å². The summed E-state index contributed by atoms with van der Waals surface area (Å²) in [6, 6.07) is 0.532. The molecule has 0 saturated heterocycles. The van der Waals surface area contributed by atoms with E-state index in [-0.39, 0.29) is 0 Å². The summed E-state index contributed by atoms with van der Waals surface area (Å²) in [5.41, 5.74) is 0. The zero-order valence-electron chi connectivity index (χ0n) is 9.60. The van der Waals surface area contributed by atoms with Crippen molar-refractivity contribution in [2.45, 2.75) is 25.8 Å². The smallest absolute Gasteiger partial charge is 0.207 e. The second kappa shape index (κ2) is 5.25. The molecule has 0 aromatic carbocycles. The molecule has 0 spiro atoms. The molecule has 1 fully saturated rings. The van der Waals surface area contributed by atoms with Crippen LogP contribution in [0.2, 0.25) is 0 Å². The van der Waals surface area contributed by atoms with Gasteiger partial charge in [-0.25, -0.2) is 0 Å². The van der Waals surface area contributed by atoms with Gasteiger partial charge in [-0.05, 0) is 37.9 Å². The third-order valence-electron chi connectivity index (χ3n) is 3.00. The molecule has 1 aromatic heterocycles. The minimum atomic E-state index is 0.532. The number of H-pyrrole nitrogens is 1. The molecule has 0 radical (unpaired) electrons. The fourth-order valence-corrected chi connectivity index (χ4v) is 2.83. The number of rotatable bonds is 6. The lowest BCUT2D eigenvalue weighted by Crippen LogP contribution is -2.37. The van der Waals surface area contributed by atoms with E-state index in [4.69, 9.17) is 17.0 Å². The van der Waals surface area contributed by atoms with E-state index in [2.05, 4.69) is 22.0 Å². The molecule has 0 bridgehead atoms. The Morgan fingerprint density at radius 1 is 1.69 bits per heavy atom. The van der Waals surface area contributed by atoms with Gasteiger partial charge < -0.3 is 9.64 Å². The van der Waals surface area contributed by atoms with Gasteiger partial charge in [0.1, 0.15) is 0 Å². The third-order valence-corrected chi connectivity index (χ3v) is 4.13. The second-order valence-corrected chi connectivity index (χ2v) is 5.80. The van der Waals surface area contributed by atoms with E-state index in [9.17, 15) is 0 Å². The highest BCUT2D eigenvalue weighted by Crippen LogP contribution is 2.37. The monoisotopic (exact) mass is 259 g/mol. The molecule has 1 heterocycles. The highest BCUT2D eigenvalue weighted by Gasteiger charge is 2.33. The van der Waals surface area contributed by atoms with Crippen molar-refractivity contribution in [3.05, 3.63) is 3.95 Å². The Morgan fingerprint density at radius 2 is 2.44 bits per heavy atom. The van der Waals surface area contributed by atoms with Gasteiger partial charge in [0.2, 0.25) is 5.13 Å². The van der Waals surface area contributed by atoms with Crippen LogP contribution in [0.25, 0.3) is 0 Å². The van der Waals surface area contributed by atoms with E-state index in [1.807, 2.05) is 0 Å². The van der Waals surface area contributed by atoms with Gasteiger partial charge in [0.05, 0.1) is 6.61 Å². The summed E-state index contributed by atoms with van der Waals surface area (Å²) in [4.78, 5) is 2.30. The third kappa shape index (κ3) is 2.81. The first-order valence-corrected chi connectivity index (χ1v) is 6.76. The summed E-state index contributed by atoms with van der Waals surface area (Å²) < 4.78 is 5.89. The largest absolute Gasteiger partial charge is 0.383 e. The lowest BCUT2D eigenvalue weighted by Gasteiger charge is -2.28. The summed E-state index contributed by atoms with van der Waals surface area (Å²) in [6.07, 6.45) is 2.67. The SMILES string of the molecule is COCCN(c1n[nH]c(=S)s1)C(C)C1CC1. The molecule has 16 heavy (non-hydrogen) atoms. The molecule has 1 aliphatic carbocycles. The summed E-state index contributed by atoms with van der Waals surface area (Å²) in [5, 5.41) is 8.09. The maximum atomic E-state index is 5.15. The molecule has 6 heteroatoms. The van der Waals surface area contributed by atoms with Gasteiger partial charge in [0.25, 0.3) is 0 Å². The fourth-order valence-electron chi connectivity index (χ4n) is 1.84. The van der Waals surface area contributed by atoms with Crippen LogP contribution >= 0.6 is 23.6 Å². The van der Waals surface area contributed by atoms with Crippen LogP contribution in [-0.4, -0.2) is 36.5 Å². The standard InChI is InChI=1S/C10H17N3OS2/c1-7(8-3-4-8)13(5-6-14-2)9-11-12-10(15)16-9/h7-8H,3-6H2,1-2H3,(H,12,15). The van der Waals surface area contributed by atoms with Crippen LogP contribution in [0, 0.1) is 9.87 Å². The quantitative estimate of drug-likeness (QED) is 0.797. The summed E-state index contributed by atoms with van der Waals surface area (Å²) in [7, 11) is 1.73. The van der Waals surface area contributed by atoms with Crippen LogP contribution in [0.5, 0.6) is 0 Å². The number of ether oxygens (including phenoxy) is 1. The molecule has 90 valence electrons. The first kappa shape index (κ1) is 12.0. The summed E-state index contributed by atoms with van der Waals surface area (Å²) in [5.74, 6) is 0.814. The van der Waals surface area contributed by atoms with Crippen molar-refractivity contribution >= 4 is 28.7 Å². The first-order valence-electron chi connectivity index (χ1n) is 5.53. The number of methoxy groups -OCH3 is 1. The van der Waals surface area contributed by atoms with E-state index in [0.717, 1.165) is 28.2 Å². The van der Waals surface area contributed by atoms with Crippen LogP contribution in [0.3, 0.4) is 0 Å². The fraction of sp³-hybridized carbons (Fsp3) is 0.800. The molecule has 1 atom stereocenters. The molecule has 1 aliphatic rings. The van der Waals surface area contributed by atoms with Gasteiger partial charge in [-0.15, -0.1) is 5.10 Å². The Bertz CT molecular complexity index is 385. The zero-order chi connectivity index (χ0) is 11.5. The van der Waals surface area contributed by atoms with Gasteiger partial charge in [0.15, 0.2) is 3.95 Å². The van der Waals surface area contributed by atoms with Crippen molar-refractivity contribution in [2.75, 3.05) is 25.2 Å². The van der Waals surface area contributed by atoms with Crippen LogP contribution in [0.1, 0.15) is 19.8 Å². The Balaban J connectivity index is 2.09. The molecule has 1 aromatic rings. The van der Waals surface area contributed by atoms with E-state index in [0.29, 0.717) is 6.04 Å². The highest BCUT2D eigenvalue weighted by atomic mass is 32.1. The van der Waals surface area contributed by atoms with Crippen LogP contribution < -0.4 is 4.90 Å². The number of anilines is 1. The Kier molecular flexibility index (Phi) is 3.94. The predicted octanol–water partition coefficient (Wildman–Crippen LogP) is 2.45. The lowest BCUT2D eigenvalue weighted by molar-refractivity contribution is 0.202. The topological polar surface area (TPSA) is 41.1 Å². The normalized spacial score (nSPS) is 17.4. The molecule has 1 N–H and O–H groups in total. The van der Waals surface area contributed by atoms with Gasteiger partial charge in [-0.2, -0.15) is 0 Å². The average molecular weight is 259 g/mol. The van der Waals surface area contributed by atoms with Crippen molar-refractivity contribution in [3.8, 4) is 0 Å². The molecule has 1 saturated carbocycles. The molecule has 0 amide bonds. The zero-order valence-corrected chi connectivity index (χ0v) is 11.2. The number of nitrogens with zero attached hydrogens (tertiary/aromatic N) is 2. The minimum Gasteiger partial charge on any atom is -0.383 e. The van der Waals surface area contributed by atoms with Gasteiger partial charge >= 0.3 is 0 Å². The number of nitrogens with one attached hydrogen (secondary N) is 1. The van der Waals surface area contributed by atoms with Crippen molar-refractivity contribution in [2.24, 2.45) is 5.92 Å². The number of aromatic amines is 1. The van der Waals surface area contributed by atoms with Crippen molar-refractivity contribution in [1.29, 1.82) is 0 Å². The Hall–Kier alpha value is -0.460. The van der Waals surface area contributed by atoms with E-state index in [1.54, 1.807) is 7.11 Å². The summed E-state index contributed by atoms with van der Waals surface area (Å²) >= 11 is 6.61. The second-order valence-electron chi connectivity index (χ2n) is 4.16. The van der Waals surface area contributed by atoms with Gasteiger partial charge in [0, 0.05) is 19.7 Å². The van der Waals surface area contributed by atoms with E-state index >= 15 is 0 Å². The van der Waals surface area contributed by atoms with Crippen LogP contribution in [-0.2, 0) is 4.74 Å². The maximum Gasteiger partial charge on any atom is 0.207 e. The van der Waals surface area contributed by atoms with Crippen molar-refractivity contribution in [3.63, 3.8) is 0 Å². The van der Waals surface area contributed by atoms with Crippen LogP contribution in [0.4, 0.5) is 5.13 Å². The number of hydrogen-bond acceptors (Lipinski definition) is 5. The summed E-state index contributed by atoms with van der Waals surface area (Å²) in [6.45, 7) is 3.87. The predicted molar refractivity (Wildman–Crippen MR) is 68.7 cm³/mol. The maximum absolute atomic E-state index is 5.15. The number of hydrogen-bond donors (Lipinski definition) is 1. The molecular formula is C10H17N3OS2. The molecule has 2 rings (SSSR count). The van der Waals surface area contributed by atoms with Gasteiger partial charge in [-0.1, -0.05) is 11.3 Å². The minimum absolute atomic E-state index is 0.532. The molecular weight excluding hydrogens is 242 g/mol. The Labute approximate surface area is 105 Å². The molecule has 0 aliphatic heterocycles. The van der Waals surface area contributed by atoms with Crippen molar-refractivity contribution < 1.29 is 4.74 Å².